The van der Waals surface area contributed by atoms with Crippen LogP contribution in [0.25, 0.3) is 0 Å². The highest BCUT2D eigenvalue weighted by Gasteiger charge is 2.82. The molecule has 0 spiro atoms. The van der Waals surface area contributed by atoms with Gasteiger partial charge in [-0.05, 0) is 17.7 Å². The van der Waals surface area contributed by atoms with Crippen LogP contribution in [0.5, 0.6) is 0 Å². The van der Waals surface area contributed by atoms with Crippen molar-refractivity contribution < 1.29 is 0 Å². The third-order valence-electron chi connectivity index (χ3n) is 4.03. The maximum atomic E-state index is 9.67. The monoisotopic (exact) mass is 362 g/mol. The van der Waals surface area contributed by atoms with Crippen LogP contribution in [0.2, 0.25) is 0 Å². The molecule has 23 heavy (non-hydrogen) atoms. The zero-order valence-corrected chi connectivity index (χ0v) is 13.2. The number of nitrogens with two attached hydrogens (primary N) is 1. The molecule has 2 N–H and O–H groups in total. The average molecular weight is 363 g/mol. The molecule has 0 aliphatic heterocycles. The topological polar surface area (TPSA) is 145 Å². The minimum absolute atomic E-state index is 0.335. The zero-order chi connectivity index (χ0) is 17.3. The minimum atomic E-state index is -1.74. The van der Waals surface area contributed by atoms with Crippen LogP contribution in [0.3, 0.4) is 0 Å². The summed E-state index contributed by atoms with van der Waals surface area (Å²) >= 11 is 3.30. The fourth-order valence-corrected chi connectivity index (χ4v) is 3.33. The van der Waals surface area contributed by atoms with Crippen molar-refractivity contribution in [1.82, 2.24) is 0 Å². The molecule has 0 unspecified atom stereocenters. The van der Waals surface area contributed by atoms with E-state index in [1.54, 1.807) is 36.4 Å². The van der Waals surface area contributed by atoms with Crippen LogP contribution in [0.1, 0.15) is 11.5 Å². The fraction of sp³-hybridized carbons (Fsp3) is 0.188. The summed E-state index contributed by atoms with van der Waals surface area (Å²) in [5, 5.41) is 46.7. The molecule has 1 aliphatic rings. The first-order chi connectivity index (χ1) is 11.0. The first-order valence-electron chi connectivity index (χ1n) is 6.28. The number of nitrogens with zero attached hydrogens (tertiary/aromatic N) is 5. The lowest BCUT2D eigenvalue weighted by atomic mass is 9.90. The van der Waals surface area contributed by atoms with E-state index < -0.39 is 22.3 Å². The van der Waals surface area contributed by atoms with E-state index in [2.05, 4.69) is 15.9 Å². The molecule has 1 saturated carbocycles. The maximum Gasteiger partial charge on any atom is 0.177 e. The third kappa shape index (κ3) is 1.88. The number of hydrogen-bond acceptors (Lipinski definition) is 6. The normalized spacial score (nSPS) is 23.0. The van der Waals surface area contributed by atoms with Crippen LogP contribution in [-0.4, -0.2) is 0 Å². The lowest BCUT2D eigenvalue weighted by Gasteiger charge is -2.09. The van der Waals surface area contributed by atoms with Gasteiger partial charge in [0.2, 0.25) is 0 Å². The van der Waals surface area contributed by atoms with Gasteiger partial charge < -0.3 is 5.73 Å². The molecule has 108 valence electrons. The van der Waals surface area contributed by atoms with Gasteiger partial charge in [-0.2, -0.15) is 26.3 Å². The number of halogens is 1. The standard InChI is InChI=1S/C16H7BrN6/c17-12-3-1-2-10(4-12)13-15(7-20,8-21)16(13,9-22)14(23)11(5-18)6-19/h1-4,13H,23H2/t13-,16-/m0/s1. The molecular weight excluding hydrogens is 356 g/mol. The van der Waals surface area contributed by atoms with E-state index in [0.29, 0.717) is 10.0 Å². The largest absolute Gasteiger partial charge is 0.399 e. The van der Waals surface area contributed by atoms with Crippen LogP contribution < -0.4 is 5.73 Å². The van der Waals surface area contributed by atoms with Gasteiger partial charge in [-0.25, -0.2) is 0 Å². The van der Waals surface area contributed by atoms with E-state index in [-0.39, 0.29) is 5.70 Å². The van der Waals surface area contributed by atoms with E-state index in [1.807, 2.05) is 18.2 Å². The smallest absolute Gasteiger partial charge is 0.177 e. The molecule has 0 radical (unpaired) electrons. The van der Waals surface area contributed by atoms with Crippen LogP contribution in [-0.2, 0) is 0 Å². The van der Waals surface area contributed by atoms with E-state index >= 15 is 0 Å². The summed E-state index contributed by atoms with van der Waals surface area (Å²) in [7, 11) is 0. The van der Waals surface area contributed by atoms with Gasteiger partial charge in [0, 0.05) is 10.4 Å². The summed E-state index contributed by atoms with van der Waals surface area (Å²) in [4.78, 5) is 0. The second-order valence-corrected chi connectivity index (χ2v) is 5.87. The van der Waals surface area contributed by atoms with Crippen molar-refractivity contribution in [3.8, 4) is 30.3 Å². The van der Waals surface area contributed by atoms with Gasteiger partial charge in [0.05, 0.1) is 23.9 Å². The Morgan fingerprint density at radius 3 is 2.09 bits per heavy atom. The van der Waals surface area contributed by atoms with Gasteiger partial charge in [0.25, 0.3) is 0 Å². The molecule has 1 fully saturated rings. The van der Waals surface area contributed by atoms with Crippen LogP contribution in [0, 0.1) is 67.5 Å². The second-order valence-electron chi connectivity index (χ2n) is 4.95. The molecule has 0 amide bonds. The maximum absolute atomic E-state index is 9.67. The van der Waals surface area contributed by atoms with Crippen molar-refractivity contribution in [3.05, 3.63) is 45.6 Å². The van der Waals surface area contributed by atoms with E-state index in [9.17, 15) is 15.8 Å². The summed E-state index contributed by atoms with van der Waals surface area (Å²) < 4.78 is 0.710. The predicted molar refractivity (Wildman–Crippen MR) is 81.0 cm³/mol. The first-order valence-corrected chi connectivity index (χ1v) is 7.08. The number of hydrogen-bond donors (Lipinski definition) is 1. The van der Waals surface area contributed by atoms with Crippen molar-refractivity contribution >= 4 is 15.9 Å². The molecule has 0 heterocycles. The molecule has 6 nitrogen and oxygen atoms in total. The Morgan fingerprint density at radius 1 is 1.04 bits per heavy atom. The van der Waals surface area contributed by atoms with E-state index in [4.69, 9.17) is 16.3 Å². The van der Waals surface area contributed by atoms with Crippen molar-refractivity contribution in [2.45, 2.75) is 5.92 Å². The highest BCUT2D eigenvalue weighted by molar-refractivity contribution is 9.10. The Kier molecular flexibility index (Phi) is 3.82. The Hall–Kier alpha value is -3.31. The molecule has 0 saturated heterocycles. The SMILES string of the molecule is N#CC(C#N)=C(N)[C@]1(C#N)[C@@H](c2cccc(Br)c2)C1(C#N)C#N. The summed E-state index contributed by atoms with van der Waals surface area (Å²) in [5.41, 5.74) is 2.18. The average Bonchev–Trinajstić information content (AvgIpc) is 3.19. The van der Waals surface area contributed by atoms with Crippen LogP contribution in [0.15, 0.2) is 40.0 Å². The zero-order valence-electron chi connectivity index (χ0n) is 11.6. The van der Waals surface area contributed by atoms with Gasteiger partial charge in [0.1, 0.15) is 23.1 Å². The van der Waals surface area contributed by atoms with Gasteiger partial charge in [-0.3, -0.25) is 0 Å². The molecule has 1 aromatic rings. The quantitative estimate of drug-likeness (QED) is 0.798. The molecule has 7 heteroatoms. The Morgan fingerprint density at radius 2 is 1.65 bits per heavy atom. The number of nitriles is 5. The highest BCUT2D eigenvalue weighted by Crippen LogP contribution is 2.76. The lowest BCUT2D eigenvalue weighted by Crippen LogP contribution is -2.20. The van der Waals surface area contributed by atoms with Gasteiger partial charge in [-0.15, -0.1) is 0 Å². The Labute approximate surface area is 141 Å². The molecule has 2 atom stereocenters. The Bertz CT molecular complexity index is 898. The highest BCUT2D eigenvalue weighted by atomic mass is 79.9. The summed E-state index contributed by atoms with van der Waals surface area (Å²) in [5.74, 6) is -0.843. The number of rotatable bonds is 2. The molecule has 2 rings (SSSR count). The van der Waals surface area contributed by atoms with Crippen LogP contribution >= 0.6 is 15.9 Å². The van der Waals surface area contributed by atoms with Gasteiger partial charge >= 0.3 is 0 Å². The molecule has 0 bridgehead atoms. The van der Waals surface area contributed by atoms with Crippen molar-refractivity contribution in [1.29, 1.82) is 26.3 Å². The molecule has 0 aromatic heterocycles. The summed E-state index contributed by atoms with van der Waals surface area (Å²) in [6.07, 6.45) is 0. The molecular formula is C16H7BrN6. The minimum Gasteiger partial charge on any atom is -0.399 e. The molecule has 1 aromatic carbocycles. The van der Waals surface area contributed by atoms with Crippen molar-refractivity contribution in [2.24, 2.45) is 16.6 Å². The Balaban J connectivity index is 2.80. The predicted octanol–water partition coefficient (Wildman–Crippen LogP) is 2.35. The van der Waals surface area contributed by atoms with Crippen molar-refractivity contribution in [3.63, 3.8) is 0 Å². The lowest BCUT2D eigenvalue weighted by molar-refractivity contribution is 0.660. The number of allylic oxidation sites excluding steroid dienone is 2. The first kappa shape index (κ1) is 16.1. The summed E-state index contributed by atoms with van der Waals surface area (Å²) in [6.45, 7) is 0. The molecule has 1 aliphatic carbocycles. The number of benzene rings is 1. The van der Waals surface area contributed by atoms with Gasteiger partial charge in [0.15, 0.2) is 5.41 Å². The fourth-order valence-electron chi connectivity index (χ4n) is 2.91. The van der Waals surface area contributed by atoms with E-state index in [0.717, 1.165) is 0 Å². The summed E-state index contributed by atoms with van der Waals surface area (Å²) in [6, 6.07) is 15.7. The third-order valence-corrected chi connectivity index (χ3v) is 4.53. The van der Waals surface area contributed by atoms with Crippen molar-refractivity contribution in [2.75, 3.05) is 0 Å². The van der Waals surface area contributed by atoms with E-state index in [1.165, 1.54) is 0 Å². The second kappa shape index (κ2) is 5.47. The van der Waals surface area contributed by atoms with Gasteiger partial charge in [-0.1, -0.05) is 28.1 Å². The van der Waals surface area contributed by atoms with Crippen LogP contribution in [0.4, 0.5) is 0 Å².